The van der Waals surface area contributed by atoms with Crippen LogP contribution < -0.4 is 0 Å². The topological polar surface area (TPSA) is 0 Å². The van der Waals surface area contributed by atoms with Crippen LogP contribution in [-0.2, 0) is 0 Å². The molecule has 0 heteroatoms. The molecule has 0 atom stereocenters. The Morgan fingerprint density at radius 3 is 1.33 bits per heavy atom. The molecule has 12 heavy (non-hydrogen) atoms. The number of rotatable bonds is 4. The molecule has 0 unspecified atom stereocenters. The summed E-state index contributed by atoms with van der Waals surface area (Å²) in [6.45, 7) is 15.4. The molecule has 0 radical (unpaired) electrons. The summed E-state index contributed by atoms with van der Waals surface area (Å²) in [5.74, 6) is 0. The van der Waals surface area contributed by atoms with Crippen molar-refractivity contribution in [1.82, 2.24) is 0 Å². The fraction of sp³-hybridized carbons (Fsp3) is 0.667. The second-order valence-electron chi connectivity index (χ2n) is 2.22. The third-order valence-corrected chi connectivity index (χ3v) is 0.816. The smallest absolute Gasteiger partial charge is 0.0350 e. The van der Waals surface area contributed by atoms with E-state index in [4.69, 9.17) is 0 Å². The van der Waals surface area contributed by atoms with Crippen molar-refractivity contribution in [2.75, 3.05) is 0 Å². The largest absolute Gasteiger partial charge is 0.103 e. The second kappa shape index (κ2) is 31.4. The predicted molar refractivity (Wildman–Crippen MR) is 61.6 cm³/mol. The van der Waals surface area contributed by atoms with E-state index in [0.29, 0.717) is 0 Å². The fourth-order valence-corrected chi connectivity index (χ4v) is 0.407. The lowest BCUT2D eigenvalue weighted by molar-refractivity contribution is 0.871. The minimum atomic E-state index is 1.12. The van der Waals surface area contributed by atoms with Crippen LogP contribution in [0.3, 0.4) is 0 Å². The van der Waals surface area contributed by atoms with Crippen molar-refractivity contribution in [2.45, 2.75) is 53.4 Å². The van der Waals surface area contributed by atoms with Gasteiger partial charge in [0.25, 0.3) is 0 Å². The highest BCUT2D eigenvalue weighted by Gasteiger charge is 1.74. The molecule has 0 bridgehead atoms. The zero-order chi connectivity index (χ0) is 10.2. The van der Waals surface area contributed by atoms with E-state index in [1.807, 2.05) is 26.0 Å². The van der Waals surface area contributed by atoms with Crippen LogP contribution >= 0.6 is 0 Å². The van der Waals surface area contributed by atoms with E-state index in [1.165, 1.54) is 12.8 Å². The van der Waals surface area contributed by atoms with Gasteiger partial charge in [0.05, 0.1) is 0 Å². The molecule has 0 aromatic carbocycles. The number of unbranched alkanes of at least 4 members (excludes halogenated alkanes) is 2. The van der Waals surface area contributed by atoms with Crippen molar-refractivity contribution in [3.8, 4) is 0 Å². The van der Waals surface area contributed by atoms with E-state index in [-0.39, 0.29) is 0 Å². The van der Waals surface area contributed by atoms with E-state index in [1.54, 1.807) is 0 Å². The summed E-state index contributed by atoms with van der Waals surface area (Å²) in [4.78, 5) is 0. The zero-order valence-corrected chi connectivity index (χ0v) is 9.40. The van der Waals surface area contributed by atoms with Gasteiger partial charge in [0.15, 0.2) is 0 Å². The van der Waals surface area contributed by atoms with Crippen LogP contribution in [0.15, 0.2) is 25.3 Å². The molecule has 0 saturated heterocycles. The summed E-state index contributed by atoms with van der Waals surface area (Å²) in [6.07, 6.45) is 8.55. The Labute approximate surface area is 79.4 Å². The van der Waals surface area contributed by atoms with Gasteiger partial charge in [0, 0.05) is 0 Å². The number of allylic oxidation sites excluding steroid dienone is 2. The Kier molecular flexibility index (Phi) is 45.8. The number of hydrogen-bond donors (Lipinski definition) is 0. The van der Waals surface area contributed by atoms with Crippen molar-refractivity contribution in [2.24, 2.45) is 0 Å². The molecular weight excluding hydrogens is 144 g/mol. The molecule has 0 saturated carbocycles. The summed E-state index contributed by atoms with van der Waals surface area (Å²) in [6, 6.07) is 0. The molecule has 0 fully saturated rings. The van der Waals surface area contributed by atoms with Gasteiger partial charge in [-0.25, -0.2) is 0 Å². The predicted octanol–water partition coefficient (Wildman–Crippen LogP) is 4.97. The van der Waals surface area contributed by atoms with Crippen LogP contribution in [0.25, 0.3) is 0 Å². The fourth-order valence-electron chi connectivity index (χ4n) is 0.407. The molecule has 0 aliphatic carbocycles. The van der Waals surface area contributed by atoms with Crippen LogP contribution in [0.2, 0.25) is 0 Å². The Balaban J connectivity index is -0.000000137. The number of hydrogen-bond acceptors (Lipinski definition) is 0. The van der Waals surface area contributed by atoms with Gasteiger partial charge in [0.2, 0.25) is 0 Å². The lowest BCUT2D eigenvalue weighted by Crippen LogP contribution is -1.64. The third kappa shape index (κ3) is 56.3. The summed E-state index contributed by atoms with van der Waals surface area (Å²) in [7, 11) is 0. The quantitative estimate of drug-likeness (QED) is 0.413. The average Bonchev–Trinajstić information content (AvgIpc) is 2.11. The average molecular weight is 170 g/mol. The first-order chi connectivity index (χ1) is 5.83. The Hall–Kier alpha value is -0.520. The molecule has 0 spiro atoms. The Morgan fingerprint density at radius 1 is 0.917 bits per heavy atom. The van der Waals surface area contributed by atoms with E-state index < -0.39 is 0 Å². The minimum Gasteiger partial charge on any atom is -0.103 e. The van der Waals surface area contributed by atoms with Gasteiger partial charge in [-0.05, 0) is 19.3 Å². The highest BCUT2D eigenvalue weighted by Crippen LogP contribution is 1.93. The van der Waals surface area contributed by atoms with Gasteiger partial charge in [-0.1, -0.05) is 46.3 Å². The molecule has 74 valence electrons. The van der Waals surface area contributed by atoms with Crippen LogP contribution in [0.4, 0.5) is 0 Å². The molecule has 0 aromatic rings. The van der Waals surface area contributed by atoms with Gasteiger partial charge in [-0.15, -0.1) is 13.2 Å². The SMILES string of the molecule is C=CCCCC=C.CC.CCC. The van der Waals surface area contributed by atoms with Gasteiger partial charge < -0.3 is 0 Å². The van der Waals surface area contributed by atoms with E-state index in [9.17, 15) is 0 Å². The van der Waals surface area contributed by atoms with Crippen molar-refractivity contribution >= 4 is 0 Å². The summed E-state index contributed by atoms with van der Waals surface area (Å²) >= 11 is 0. The molecule has 0 N–H and O–H groups in total. The van der Waals surface area contributed by atoms with Gasteiger partial charge in [-0.3, -0.25) is 0 Å². The highest BCUT2D eigenvalue weighted by atomic mass is 13.8. The first-order valence-electron chi connectivity index (χ1n) is 5.05. The van der Waals surface area contributed by atoms with Crippen molar-refractivity contribution < 1.29 is 0 Å². The lowest BCUT2D eigenvalue weighted by Gasteiger charge is -1.84. The summed E-state index contributed by atoms with van der Waals surface area (Å²) < 4.78 is 0. The van der Waals surface area contributed by atoms with Crippen molar-refractivity contribution in [1.29, 1.82) is 0 Å². The molecule has 0 nitrogen and oxygen atoms in total. The lowest BCUT2D eigenvalue weighted by atomic mass is 10.2. The molecule has 0 heterocycles. The molecule has 0 aliphatic rings. The highest BCUT2D eigenvalue weighted by molar-refractivity contribution is 4.71. The molecular formula is C12H26. The Bertz CT molecular complexity index is 54.4. The van der Waals surface area contributed by atoms with Gasteiger partial charge >= 0.3 is 0 Å². The van der Waals surface area contributed by atoms with Crippen molar-refractivity contribution in [3.63, 3.8) is 0 Å². The maximum atomic E-state index is 3.60. The van der Waals surface area contributed by atoms with Crippen LogP contribution in [0.1, 0.15) is 53.4 Å². The minimum absolute atomic E-state index is 1.12. The maximum Gasteiger partial charge on any atom is -0.0350 e. The van der Waals surface area contributed by atoms with Gasteiger partial charge in [0.1, 0.15) is 0 Å². The second-order valence-corrected chi connectivity index (χ2v) is 2.22. The van der Waals surface area contributed by atoms with Crippen LogP contribution in [0.5, 0.6) is 0 Å². The normalized spacial score (nSPS) is 6.67. The standard InChI is InChI=1S/C7H12.C3H8.C2H6/c1-3-5-7-6-4-2;1-3-2;1-2/h3-4H,1-2,5-7H2;3H2,1-2H3;1-2H3. The van der Waals surface area contributed by atoms with E-state index in [0.717, 1.165) is 12.8 Å². The molecule has 0 aromatic heterocycles. The molecule has 0 aliphatic heterocycles. The van der Waals surface area contributed by atoms with Crippen LogP contribution in [-0.4, -0.2) is 0 Å². The summed E-state index contributed by atoms with van der Waals surface area (Å²) in [5, 5.41) is 0. The first-order valence-corrected chi connectivity index (χ1v) is 5.05. The third-order valence-electron chi connectivity index (χ3n) is 0.816. The maximum absolute atomic E-state index is 3.60. The monoisotopic (exact) mass is 170 g/mol. The van der Waals surface area contributed by atoms with Crippen molar-refractivity contribution in [3.05, 3.63) is 25.3 Å². The van der Waals surface area contributed by atoms with E-state index >= 15 is 0 Å². The molecule has 0 amide bonds. The Morgan fingerprint density at radius 2 is 1.17 bits per heavy atom. The van der Waals surface area contributed by atoms with E-state index in [2.05, 4.69) is 27.0 Å². The molecule has 0 rings (SSSR count). The first kappa shape index (κ1) is 17.5. The van der Waals surface area contributed by atoms with Gasteiger partial charge in [-0.2, -0.15) is 0 Å². The zero-order valence-electron chi connectivity index (χ0n) is 9.40. The van der Waals surface area contributed by atoms with Crippen LogP contribution in [0, 0.1) is 0 Å². The summed E-state index contributed by atoms with van der Waals surface area (Å²) in [5.41, 5.74) is 0.